The molecule has 0 saturated carbocycles. The highest BCUT2D eigenvalue weighted by Crippen LogP contribution is 2.26. The lowest BCUT2D eigenvalue weighted by Crippen LogP contribution is -2.13. The van der Waals surface area contributed by atoms with Crippen molar-refractivity contribution >= 4 is 23.4 Å². The first-order chi connectivity index (χ1) is 10.8. The molecule has 0 radical (unpaired) electrons. The maximum absolute atomic E-state index is 6.13. The molecule has 2 heterocycles. The van der Waals surface area contributed by atoms with Gasteiger partial charge in [0, 0.05) is 17.4 Å². The van der Waals surface area contributed by atoms with Gasteiger partial charge in [0.25, 0.3) is 0 Å². The van der Waals surface area contributed by atoms with Gasteiger partial charge in [-0.15, -0.1) is 10.2 Å². The van der Waals surface area contributed by atoms with Crippen molar-refractivity contribution in [3.63, 3.8) is 0 Å². The van der Waals surface area contributed by atoms with E-state index in [1.54, 1.807) is 11.8 Å². The molecule has 1 aliphatic heterocycles. The Labute approximate surface area is 139 Å². The molecule has 0 spiro atoms. The van der Waals surface area contributed by atoms with Crippen LogP contribution in [0.5, 0.6) is 0 Å². The Balaban J connectivity index is 1.85. The van der Waals surface area contributed by atoms with E-state index < -0.39 is 0 Å². The Bertz CT molecular complexity index is 628. The Morgan fingerprint density at radius 2 is 2.36 bits per heavy atom. The van der Waals surface area contributed by atoms with Gasteiger partial charge in [-0.3, -0.25) is 4.57 Å². The number of benzene rings is 1. The zero-order chi connectivity index (χ0) is 15.4. The molecule has 22 heavy (non-hydrogen) atoms. The predicted molar refractivity (Wildman–Crippen MR) is 88.8 cm³/mol. The molecule has 1 aromatic carbocycles. The highest BCUT2D eigenvalue weighted by molar-refractivity contribution is 7.99. The molecule has 0 bridgehead atoms. The number of aromatic nitrogens is 3. The van der Waals surface area contributed by atoms with Gasteiger partial charge in [0.05, 0.1) is 18.3 Å². The summed E-state index contributed by atoms with van der Waals surface area (Å²) < 4.78 is 7.74. The van der Waals surface area contributed by atoms with Gasteiger partial charge in [0.15, 0.2) is 11.0 Å². The lowest BCUT2D eigenvalue weighted by atomic mass is 10.3. The van der Waals surface area contributed by atoms with Crippen LogP contribution < -0.4 is 5.32 Å². The highest BCUT2D eigenvalue weighted by Gasteiger charge is 2.19. The van der Waals surface area contributed by atoms with Crippen molar-refractivity contribution in [2.75, 3.05) is 19.4 Å². The van der Waals surface area contributed by atoms with Crippen molar-refractivity contribution in [2.24, 2.45) is 0 Å². The molecule has 2 aromatic rings. The summed E-state index contributed by atoms with van der Waals surface area (Å²) in [5, 5.41) is 13.4. The number of rotatable bonds is 6. The first kappa shape index (κ1) is 15.8. The van der Waals surface area contributed by atoms with E-state index in [2.05, 4.69) is 20.1 Å². The Hall–Kier alpha value is -1.08. The van der Waals surface area contributed by atoms with Crippen LogP contribution in [0.1, 0.15) is 18.7 Å². The summed E-state index contributed by atoms with van der Waals surface area (Å²) in [6, 6.07) is 7.76. The third-order valence-corrected chi connectivity index (χ3v) is 4.82. The summed E-state index contributed by atoms with van der Waals surface area (Å²) in [5.41, 5.74) is 0.984. The number of hydrogen-bond acceptors (Lipinski definition) is 5. The van der Waals surface area contributed by atoms with Gasteiger partial charge in [-0.05, 0) is 38.1 Å². The van der Waals surface area contributed by atoms with Crippen LogP contribution in [0.25, 0.3) is 5.69 Å². The summed E-state index contributed by atoms with van der Waals surface area (Å²) in [5.74, 6) is 1.78. The lowest BCUT2D eigenvalue weighted by Gasteiger charge is -2.12. The van der Waals surface area contributed by atoms with E-state index in [1.165, 1.54) is 0 Å². The normalized spacial score (nSPS) is 18.0. The SMILES string of the molecule is CNCc1nnc(SCC2CCCO2)n1-c1cccc(Cl)c1. The third kappa shape index (κ3) is 3.63. The predicted octanol–water partition coefficient (Wildman–Crippen LogP) is 2.91. The van der Waals surface area contributed by atoms with Crippen LogP contribution in [0.3, 0.4) is 0 Å². The van der Waals surface area contributed by atoms with E-state index in [0.29, 0.717) is 17.7 Å². The molecule has 1 unspecified atom stereocenters. The van der Waals surface area contributed by atoms with Crippen molar-refractivity contribution in [2.45, 2.75) is 30.6 Å². The summed E-state index contributed by atoms with van der Waals surface area (Å²) in [6.07, 6.45) is 2.60. The first-order valence-electron chi connectivity index (χ1n) is 7.37. The average Bonchev–Trinajstić information content (AvgIpc) is 3.15. The van der Waals surface area contributed by atoms with Gasteiger partial charge < -0.3 is 10.1 Å². The van der Waals surface area contributed by atoms with Crippen LogP contribution in [0.4, 0.5) is 0 Å². The Kier molecular flexibility index (Phi) is 5.36. The number of nitrogens with one attached hydrogen (secondary N) is 1. The van der Waals surface area contributed by atoms with E-state index in [1.807, 2.05) is 31.3 Å². The second-order valence-electron chi connectivity index (χ2n) is 5.19. The van der Waals surface area contributed by atoms with Crippen molar-refractivity contribution < 1.29 is 4.74 Å². The molecule has 118 valence electrons. The number of ether oxygens (including phenoxy) is 1. The Morgan fingerprint density at radius 3 is 3.09 bits per heavy atom. The minimum Gasteiger partial charge on any atom is -0.377 e. The van der Waals surface area contributed by atoms with Crippen LogP contribution >= 0.6 is 23.4 Å². The zero-order valence-electron chi connectivity index (χ0n) is 12.5. The third-order valence-electron chi connectivity index (χ3n) is 3.52. The fourth-order valence-electron chi connectivity index (χ4n) is 2.48. The van der Waals surface area contributed by atoms with Gasteiger partial charge in [-0.25, -0.2) is 0 Å². The van der Waals surface area contributed by atoms with Crippen molar-refractivity contribution in [1.82, 2.24) is 20.1 Å². The van der Waals surface area contributed by atoms with Gasteiger partial charge in [-0.2, -0.15) is 0 Å². The fourth-order valence-corrected chi connectivity index (χ4v) is 3.71. The van der Waals surface area contributed by atoms with E-state index in [4.69, 9.17) is 16.3 Å². The standard InChI is InChI=1S/C15H19ClN4OS/c1-17-9-14-18-19-15(22-10-13-6-3-7-21-13)20(14)12-5-2-4-11(16)8-12/h2,4-5,8,13,17H,3,6-7,9-10H2,1H3. The average molecular weight is 339 g/mol. The van der Waals surface area contributed by atoms with Crippen LogP contribution in [-0.2, 0) is 11.3 Å². The van der Waals surface area contributed by atoms with Crippen molar-refractivity contribution in [3.05, 3.63) is 35.1 Å². The van der Waals surface area contributed by atoms with E-state index in [-0.39, 0.29) is 0 Å². The molecule has 1 saturated heterocycles. The summed E-state index contributed by atoms with van der Waals surface area (Å²) in [4.78, 5) is 0. The quantitative estimate of drug-likeness (QED) is 0.821. The molecule has 1 aromatic heterocycles. The second kappa shape index (κ2) is 7.46. The van der Waals surface area contributed by atoms with Crippen LogP contribution in [0.15, 0.2) is 29.4 Å². The number of halogens is 1. The molecule has 3 rings (SSSR count). The molecule has 1 aliphatic rings. The van der Waals surface area contributed by atoms with E-state index in [9.17, 15) is 0 Å². The molecular formula is C15H19ClN4OS. The molecule has 1 atom stereocenters. The monoisotopic (exact) mass is 338 g/mol. The first-order valence-corrected chi connectivity index (χ1v) is 8.73. The van der Waals surface area contributed by atoms with E-state index in [0.717, 1.165) is 41.9 Å². The van der Waals surface area contributed by atoms with Gasteiger partial charge >= 0.3 is 0 Å². The molecular weight excluding hydrogens is 320 g/mol. The van der Waals surface area contributed by atoms with Gasteiger partial charge in [-0.1, -0.05) is 29.4 Å². The summed E-state index contributed by atoms with van der Waals surface area (Å²) in [6.45, 7) is 1.53. The molecule has 0 amide bonds. The largest absolute Gasteiger partial charge is 0.377 e. The topological polar surface area (TPSA) is 52.0 Å². The minimum absolute atomic E-state index is 0.322. The van der Waals surface area contributed by atoms with Gasteiger partial charge in [0.1, 0.15) is 0 Å². The zero-order valence-corrected chi connectivity index (χ0v) is 14.0. The second-order valence-corrected chi connectivity index (χ2v) is 6.61. The summed E-state index contributed by atoms with van der Waals surface area (Å²) >= 11 is 7.81. The molecule has 7 heteroatoms. The molecule has 1 fully saturated rings. The van der Waals surface area contributed by atoms with Crippen molar-refractivity contribution in [3.8, 4) is 5.69 Å². The molecule has 5 nitrogen and oxygen atoms in total. The van der Waals surface area contributed by atoms with Crippen molar-refractivity contribution in [1.29, 1.82) is 0 Å². The fraction of sp³-hybridized carbons (Fsp3) is 0.467. The van der Waals surface area contributed by atoms with Crippen LogP contribution in [0.2, 0.25) is 5.02 Å². The van der Waals surface area contributed by atoms with Gasteiger partial charge in [0.2, 0.25) is 0 Å². The molecule has 1 N–H and O–H groups in total. The maximum Gasteiger partial charge on any atom is 0.195 e. The molecule has 0 aliphatic carbocycles. The summed E-state index contributed by atoms with van der Waals surface area (Å²) in [7, 11) is 1.90. The number of thioether (sulfide) groups is 1. The van der Waals surface area contributed by atoms with E-state index >= 15 is 0 Å². The maximum atomic E-state index is 6.13. The van der Waals surface area contributed by atoms with Crippen LogP contribution in [-0.4, -0.2) is 40.3 Å². The highest BCUT2D eigenvalue weighted by atomic mass is 35.5. The number of hydrogen-bond donors (Lipinski definition) is 1. The number of nitrogens with zero attached hydrogens (tertiary/aromatic N) is 3. The lowest BCUT2D eigenvalue weighted by molar-refractivity contribution is 0.129. The minimum atomic E-state index is 0.322. The van der Waals surface area contributed by atoms with Crippen LogP contribution in [0, 0.1) is 0 Å². The Morgan fingerprint density at radius 1 is 1.45 bits per heavy atom. The smallest absolute Gasteiger partial charge is 0.195 e.